The standard InChI is InChI=1S/C22H21FN6O2S/c23-17-3-1-14(2-4-17)11-18(30)28-8-5-16(6-9-28)20-24-21-19(22(31)25-20)26-27-29(21)12-15-7-10-32-13-15/h1-4,7,10,13,16H,5-6,8-9,11-12H2,(H,24,25,31). The van der Waals surface area contributed by atoms with Crippen molar-refractivity contribution in [3.63, 3.8) is 0 Å². The summed E-state index contributed by atoms with van der Waals surface area (Å²) in [6.45, 7) is 1.67. The largest absolute Gasteiger partial charge is 0.342 e. The third-order valence-corrected chi connectivity index (χ3v) is 6.54. The summed E-state index contributed by atoms with van der Waals surface area (Å²) < 4.78 is 14.7. The van der Waals surface area contributed by atoms with E-state index in [1.165, 1.54) is 12.1 Å². The van der Waals surface area contributed by atoms with E-state index >= 15 is 0 Å². The number of nitrogens with one attached hydrogen (secondary N) is 1. The predicted molar refractivity (Wildman–Crippen MR) is 118 cm³/mol. The fourth-order valence-corrected chi connectivity index (χ4v) is 4.69. The van der Waals surface area contributed by atoms with E-state index in [4.69, 9.17) is 4.98 Å². The van der Waals surface area contributed by atoms with Crippen LogP contribution in [0.4, 0.5) is 4.39 Å². The Morgan fingerprint density at radius 3 is 2.66 bits per heavy atom. The highest BCUT2D eigenvalue weighted by molar-refractivity contribution is 7.07. The van der Waals surface area contributed by atoms with Crippen molar-refractivity contribution in [2.75, 3.05) is 13.1 Å². The van der Waals surface area contributed by atoms with E-state index in [1.807, 2.05) is 21.7 Å². The van der Waals surface area contributed by atoms with E-state index in [-0.39, 0.29) is 35.1 Å². The fraction of sp³-hybridized carbons (Fsp3) is 0.318. The van der Waals surface area contributed by atoms with E-state index in [1.54, 1.807) is 28.2 Å². The highest BCUT2D eigenvalue weighted by atomic mass is 32.1. The van der Waals surface area contributed by atoms with Crippen LogP contribution in [0, 0.1) is 5.82 Å². The molecule has 164 valence electrons. The maximum atomic E-state index is 13.1. The Morgan fingerprint density at radius 2 is 1.94 bits per heavy atom. The molecule has 1 amide bonds. The van der Waals surface area contributed by atoms with E-state index < -0.39 is 0 Å². The van der Waals surface area contributed by atoms with Gasteiger partial charge in [-0.1, -0.05) is 17.3 Å². The van der Waals surface area contributed by atoms with Crippen molar-refractivity contribution in [1.82, 2.24) is 29.9 Å². The van der Waals surface area contributed by atoms with Crippen molar-refractivity contribution in [3.05, 3.63) is 74.2 Å². The van der Waals surface area contributed by atoms with Gasteiger partial charge < -0.3 is 9.88 Å². The summed E-state index contributed by atoms with van der Waals surface area (Å²) >= 11 is 1.60. The van der Waals surface area contributed by atoms with Crippen LogP contribution >= 0.6 is 11.3 Å². The lowest BCUT2D eigenvalue weighted by Crippen LogP contribution is -2.39. The van der Waals surface area contributed by atoms with Crippen molar-refractivity contribution in [2.24, 2.45) is 0 Å². The molecular weight excluding hydrogens is 431 g/mol. The first-order valence-corrected chi connectivity index (χ1v) is 11.4. The van der Waals surface area contributed by atoms with Gasteiger partial charge in [0.25, 0.3) is 5.56 Å². The second-order valence-corrected chi connectivity index (χ2v) is 8.74. The molecule has 1 fully saturated rings. The van der Waals surface area contributed by atoms with E-state index in [2.05, 4.69) is 15.3 Å². The molecule has 4 heterocycles. The number of H-pyrrole nitrogens is 1. The third kappa shape index (κ3) is 4.18. The molecular formula is C22H21FN6O2S. The number of hydrogen-bond donors (Lipinski definition) is 1. The van der Waals surface area contributed by atoms with Crippen molar-refractivity contribution in [2.45, 2.75) is 31.7 Å². The van der Waals surface area contributed by atoms with Crippen LogP contribution in [0.15, 0.2) is 45.9 Å². The number of fused-ring (bicyclic) bond motifs is 1. The average Bonchev–Trinajstić information content (AvgIpc) is 3.46. The van der Waals surface area contributed by atoms with Crippen LogP contribution < -0.4 is 5.56 Å². The zero-order valence-electron chi connectivity index (χ0n) is 17.2. The number of piperidine rings is 1. The Balaban J connectivity index is 1.28. The van der Waals surface area contributed by atoms with Crippen LogP contribution in [-0.2, 0) is 17.8 Å². The van der Waals surface area contributed by atoms with Crippen molar-refractivity contribution in [3.8, 4) is 0 Å². The molecule has 10 heteroatoms. The van der Waals surface area contributed by atoms with Crippen molar-refractivity contribution < 1.29 is 9.18 Å². The number of thiophene rings is 1. The van der Waals surface area contributed by atoms with Crippen LogP contribution in [0.25, 0.3) is 11.2 Å². The van der Waals surface area contributed by atoms with Gasteiger partial charge in [0, 0.05) is 19.0 Å². The van der Waals surface area contributed by atoms with Gasteiger partial charge in [-0.25, -0.2) is 14.1 Å². The first-order valence-electron chi connectivity index (χ1n) is 10.4. The SMILES string of the molecule is O=C(Cc1ccc(F)cc1)N1CCC(c2nc3c(nnn3Cc3ccsc3)c(=O)[nH]2)CC1. The molecule has 0 radical (unpaired) electrons. The summed E-state index contributed by atoms with van der Waals surface area (Å²) in [7, 11) is 0. The Labute approximate surface area is 186 Å². The normalized spacial score (nSPS) is 14.8. The first-order chi connectivity index (χ1) is 15.6. The molecule has 0 spiro atoms. The molecule has 0 bridgehead atoms. The van der Waals surface area contributed by atoms with Gasteiger partial charge in [-0.15, -0.1) is 5.10 Å². The highest BCUT2D eigenvalue weighted by Crippen LogP contribution is 2.26. The molecule has 1 aliphatic heterocycles. The van der Waals surface area contributed by atoms with E-state index in [9.17, 15) is 14.0 Å². The first kappa shape index (κ1) is 20.5. The maximum Gasteiger partial charge on any atom is 0.281 e. The minimum absolute atomic E-state index is 0.0185. The number of benzene rings is 1. The molecule has 3 aromatic heterocycles. The molecule has 0 aliphatic carbocycles. The number of halogens is 1. The number of carbonyl (C=O) groups is 1. The fourth-order valence-electron chi connectivity index (χ4n) is 4.03. The summed E-state index contributed by atoms with van der Waals surface area (Å²) in [5, 5.41) is 12.1. The summed E-state index contributed by atoms with van der Waals surface area (Å²) in [6, 6.07) is 8.01. The van der Waals surface area contributed by atoms with Crippen molar-refractivity contribution >= 4 is 28.4 Å². The molecule has 1 aliphatic rings. The van der Waals surface area contributed by atoms with E-state index in [0.29, 0.717) is 43.9 Å². The van der Waals surface area contributed by atoms with Crippen LogP contribution in [0.2, 0.25) is 0 Å². The van der Waals surface area contributed by atoms with E-state index in [0.717, 1.165) is 11.1 Å². The van der Waals surface area contributed by atoms with Crippen molar-refractivity contribution in [1.29, 1.82) is 0 Å². The molecule has 1 aromatic carbocycles. The molecule has 8 nitrogen and oxygen atoms in total. The van der Waals surface area contributed by atoms with Crippen LogP contribution in [0.1, 0.15) is 35.7 Å². The number of aromatic amines is 1. The number of hydrogen-bond acceptors (Lipinski definition) is 6. The van der Waals surface area contributed by atoms with Gasteiger partial charge >= 0.3 is 0 Å². The van der Waals surface area contributed by atoms with Gasteiger partial charge in [-0.05, 0) is 52.9 Å². The van der Waals surface area contributed by atoms with Gasteiger partial charge in [0.05, 0.1) is 13.0 Å². The van der Waals surface area contributed by atoms with Gasteiger partial charge in [-0.2, -0.15) is 11.3 Å². The molecule has 32 heavy (non-hydrogen) atoms. The molecule has 0 saturated carbocycles. The van der Waals surface area contributed by atoms with Gasteiger partial charge in [-0.3, -0.25) is 9.59 Å². The second kappa shape index (κ2) is 8.62. The topological polar surface area (TPSA) is 96.8 Å². The quantitative estimate of drug-likeness (QED) is 0.502. The number of carbonyl (C=O) groups excluding carboxylic acids is 1. The highest BCUT2D eigenvalue weighted by Gasteiger charge is 2.26. The van der Waals surface area contributed by atoms with Crippen LogP contribution in [-0.4, -0.2) is 48.9 Å². The lowest BCUT2D eigenvalue weighted by Gasteiger charge is -2.31. The lowest BCUT2D eigenvalue weighted by atomic mass is 9.95. The minimum atomic E-state index is -0.313. The third-order valence-electron chi connectivity index (χ3n) is 5.81. The zero-order valence-corrected chi connectivity index (χ0v) is 18.0. The van der Waals surface area contributed by atoms with Crippen LogP contribution in [0.5, 0.6) is 0 Å². The summed E-state index contributed by atoms with van der Waals surface area (Å²) in [5.74, 6) is 0.366. The second-order valence-electron chi connectivity index (χ2n) is 7.96. The average molecular weight is 453 g/mol. The van der Waals surface area contributed by atoms with Gasteiger partial charge in [0.15, 0.2) is 11.2 Å². The molecule has 1 saturated heterocycles. The summed E-state index contributed by atoms with van der Waals surface area (Å²) in [5.41, 5.74) is 2.29. The zero-order chi connectivity index (χ0) is 22.1. The molecule has 1 N–H and O–H groups in total. The Hall–Kier alpha value is -3.40. The molecule has 0 atom stereocenters. The maximum absolute atomic E-state index is 13.1. The molecule has 5 rings (SSSR count). The summed E-state index contributed by atoms with van der Waals surface area (Å²) in [6.07, 6.45) is 1.66. The van der Waals surface area contributed by atoms with Gasteiger partial charge in [0.1, 0.15) is 11.6 Å². The van der Waals surface area contributed by atoms with Gasteiger partial charge in [0.2, 0.25) is 5.91 Å². The Bertz CT molecular complexity index is 1290. The van der Waals surface area contributed by atoms with Crippen LogP contribution in [0.3, 0.4) is 0 Å². The minimum Gasteiger partial charge on any atom is -0.342 e. The number of aromatic nitrogens is 5. The number of rotatable bonds is 5. The monoisotopic (exact) mass is 452 g/mol. The Morgan fingerprint density at radius 1 is 1.16 bits per heavy atom. The summed E-state index contributed by atoms with van der Waals surface area (Å²) in [4.78, 5) is 34.6. The smallest absolute Gasteiger partial charge is 0.281 e. The molecule has 4 aromatic rings. The lowest BCUT2D eigenvalue weighted by molar-refractivity contribution is -0.131. The predicted octanol–water partition coefficient (Wildman–Crippen LogP) is 2.71. The molecule has 0 unspecified atom stereocenters. The Kier molecular flexibility index (Phi) is 5.52. The number of likely N-dealkylation sites (tertiary alicyclic amines) is 1. The number of nitrogens with zero attached hydrogens (tertiary/aromatic N) is 5. The number of amides is 1.